The van der Waals surface area contributed by atoms with Gasteiger partial charge in [0.25, 0.3) is 10.0 Å². The van der Waals surface area contributed by atoms with Crippen molar-refractivity contribution in [1.82, 2.24) is 20.5 Å². The number of aryl methyl sites for hydroxylation is 1. The van der Waals surface area contributed by atoms with Crippen molar-refractivity contribution in [2.45, 2.75) is 25.4 Å². The molecular formula is C12H17N5O2S. The zero-order valence-corrected chi connectivity index (χ0v) is 12.2. The Morgan fingerprint density at radius 1 is 1.40 bits per heavy atom. The average molecular weight is 295 g/mol. The number of sulfonamides is 1. The van der Waals surface area contributed by atoms with Gasteiger partial charge in [0.2, 0.25) is 0 Å². The number of anilines is 1. The molecule has 0 aromatic carbocycles. The number of hydrogen-bond acceptors (Lipinski definition) is 5. The van der Waals surface area contributed by atoms with Crippen molar-refractivity contribution in [3.8, 4) is 0 Å². The maximum atomic E-state index is 12.3. The molecule has 0 atom stereocenters. The molecule has 0 aliphatic heterocycles. The highest BCUT2D eigenvalue weighted by molar-refractivity contribution is 7.92. The molecule has 2 rings (SSSR count). The van der Waals surface area contributed by atoms with E-state index in [4.69, 9.17) is 0 Å². The Labute approximate surface area is 117 Å². The predicted molar refractivity (Wildman–Crippen MR) is 75.8 cm³/mol. The summed E-state index contributed by atoms with van der Waals surface area (Å²) >= 11 is 0. The van der Waals surface area contributed by atoms with E-state index in [-0.39, 0.29) is 5.03 Å². The molecule has 0 unspecified atom stereocenters. The molecule has 2 aromatic heterocycles. The molecule has 20 heavy (non-hydrogen) atoms. The van der Waals surface area contributed by atoms with Crippen LogP contribution in [0.2, 0.25) is 0 Å². The first kappa shape index (κ1) is 14.5. The Bertz CT molecular complexity index is 681. The number of nitrogens with zero attached hydrogens (tertiary/aromatic N) is 2. The molecule has 2 aromatic rings. The van der Waals surface area contributed by atoms with Gasteiger partial charge in [-0.25, -0.2) is 0 Å². The summed E-state index contributed by atoms with van der Waals surface area (Å²) in [6.45, 7) is 4.94. The van der Waals surface area contributed by atoms with Gasteiger partial charge in [-0.15, -0.1) is 0 Å². The van der Waals surface area contributed by atoms with Gasteiger partial charge in [0, 0.05) is 24.0 Å². The van der Waals surface area contributed by atoms with Crippen molar-refractivity contribution in [2.24, 2.45) is 0 Å². The van der Waals surface area contributed by atoms with Gasteiger partial charge in [-0.1, -0.05) is 6.92 Å². The zero-order valence-electron chi connectivity index (χ0n) is 11.3. The summed E-state index contributed by atoms with van der Waals surface area (Å²) in [6.07, 6.45) is 3.06. The molecule has 3 N–H and O–H groups in total. The molecule has 0 amide bonds. The van der Waals surface area contributed by atoms with Crippen LogP contribution < -0.4 is 10.0 Å². The highest BCUT2D eigenvalue weighted by atomic mass is 32.2. The van der Waals surface area contributed by atoms with Crippen LogP contribution in [0.5, 0.6) is 0 Å². The topological polar surface area (TPSA) is 99.8 Å². The zero-order chi connectivity index (χ0) is 14.6. The smallest absolute Gasteiger partial charge is 0.279 e. The monoisotopic (exact) mass is 295 g/mol. The first-order valence-corrected chi connectivity index (χ1v) is 7.69. The predicted octanol–water partition coefficient (Wildman–Crippen LogP) is 1.02. The van der Waals surface area contributed by atoms with Crippen LogP contribution in [-0.4, -0.2) is 30.1 Å². The highest BCUT2D eigenvalue weighted by Crippen LogP contribution is 2.17. The molecular weight excluding hydrogens is 278 g/mol. The summed E-state index contributed by atoms with van der Waals surface area (Å²) in [5, 5.41) is 9.49. The Kier molecular flexibility index (Phi) is 4.35. The van der Waals surface area contributed by atoms with Crippen LogP contribution in [0.25, 0.3) is 0 Å². The van der Waals surface area contributed by atoms with Crippen molar-refractivity contribution in [3.63, 3.8) is 0 Å². The third-order valence-electron chi connectivity index (χ3n) is 2.66. The lowest BCUT2D eigenvalue weighted by atomic mass is 10.3. The maximum Gasteiger partial charge on any atom is 0.279 e. The number of aromatic amines is 1. The third-order valence-corrected chi connectivity index (χ3v) is 4.06. The van der Waals surface area contributed by atoms with Crippen molar-refractivity contribution in [1.29, 1.82) is 0 Å². The fourth-order valence-electron chi connectivity index (χ4n) is 1.73. The standard InChI is InChI=1S/C12H17N5O2S/c1-3-13-7-10-8-15-16-12(10)20(18,19)17-11-4-5-14-9(2)6-11/h4-6,8,13H,3,7H2,1-2H3,(H,14,17)(H,15,16). The van der Waals surface area contributed by atoms with E-state index >= 15 is 0 Å². The van der Waals surface area contributed by atoms with Gasteiger partial charge in [0.1, 0.15) is 0 Å². The lowest BCUT2D eigenvalue weighted by molar-refractivity contribution is 0.594. The van der Waals surface area contributed by atoms with E-state index in [0.29, 0.717) is 17.8 Å². The lowest BCUT2D eigenvalue weighted by Crippen LogP contribution is -2.18. The van der Waals surface area contributed by atoms with E-state index in [1.54, 1.807) is 25.3 Å². The van der Waals surface area contributed by atoms with Crippen molar-refractivity contribution < 1.29 is 8.42 Å². The number of hydrogen-bond donors (Lipinski definition) is 3. The summed E-state index contributed by atoms with van der Waals surface area (Å²) in [4.78, 5) is 4.03. The molecule has 0 radical (unpaired) electrons. The number of aromatic nitrogens is 3. The second-order valence-electron chi connectivity index (χ2n) is 4.30. The molecule has 2 heterocycles. The van der Waals surface area contributed by atoms with E-state index in [2.05, 4.69) is 25.2 Å². The lowest BCUT2D eigenvalue weighted by Gasteiger charge is -2.08. The van der Waals surface area contributed by atoms with Crippen molar-refractivity contribution in [2.75, 3.05) is 11.3 Å². The van der Waals surface area contributed by atoms with E-state index in [0.717, 1.165) is 12.2 Å². The van der Waals surface area contributed by atoms with Crippen molar-refractivity contribution in [3.05, 3.63) is 35.8 Å². The molecule has 0 saturated heterocycles. The molecule has 7 nitrogen and oxygen atoms in total. The number of rotatable bonds is 6. The van der Waals surface area contributed by atoms with Gasteiger partial charge in [0.15, 0.2) is 5.03 Å². The van der Waals surface area contributed by atoms with E-state index in [9.17, 15) is 8.42 Å². The summed E-state index contributed by atoms with van der Waals surface area (Å²) in [7, 11) is -3.68. The Balaban J connectivity index is 2.24. The minimum Gasteiger partial charge on any atom is -0.313 e. The van der Waals surface area contributed by atoms with Gasteiger partial charge in [-0.05, 0) is 25.6 Å². The minimum atomic E-state index is -3.68. The van der Waals surface area contributed by atoms with E-state index in [1.807, 2.05) is 6.92 Å². The molecule has 0 spiro atoms. The summed E-state index contributed by atoms with van der Waals surface area (Å²) in [5.74, 6) is 0. The van der Waals surface area contributed by atoms with Crippen LogP contribution in [0.15, 0.2) is 29.6 Å². The summed E-state index contributed by atoms with van der Waals surface area (Å²) < 4.78 is 27.2. The van der Waals surface area contributed by atoms with Crippen LogP contribution in [0, 0.1) is 6.92 Å². The van der Waals surface area contributed by atoms with Crippen molar-refractivity contribution >= 4 is 15.7 Å². The van der Waals surface area contributed by atoms with Crippen LogP contribution in [-0.2, 0) is 16.6 Å². The molecule has 8 heteroatoms. The molecule has 0 bridgehead atoms. The fraction of sp³-hybridized carbons (Fsp3) is 0.333. The second-order valence-corrected chi connectivity index (χ2v) is 5.92. The van der Waals surface area contributed by atoms with Gasteiger partial charge < -0.3 is 5.32 Å². The minimum absolute atomic E-state index is 0.0768. The van der Waals surface area contributed by atoms with E-state index in [1.165, 1.54) is 6.20 Å². The molecule has 0 aliphatic rings. The van der Waals surface area contributed by atoms with Gasteiger partial charge in [0.05, 0.1) is 11.9 Å². The number of nitrogens with one attached hydrogen (secondary N) is 3. The maximum absolute atomic E-state index is 12.3. The number of pyridine rings is 1. The molecule has 0 fully saturated rings. The second kappa shape index (κ2) is 6.02. The summed E-state index contributed by atoms with van der Waals surface area (Å²) in [5.41, 5.74) is 1.81. The van der Waals surface area contributed by atoms with Crippen LogP contribution in [0.1, 0.15) is 18.2 Å². The Morgan fingerprint density at radius 2 is 2.20 bits per heavy atom. The quantitative estimate of drug-likeness (QED) is 0.739. The SMILES string of the molecule is CCNCc1cn[nH]c1S(=O)(=O)Nc1ccnc(C)c1. The van der Waals surface area contributed by atoms with Crippen LogP contribution in [0.3, 0.4) is 0 Å². The normalized spacial score (nSPS) is 11.5. The fourth-order valence-corrected chi connectivity index (χ4v) is 2.92. The Morgan fingerprint density at radius 3 is 2.90 bits per heavy atom. The largest absolute Gasteiger partial charge is 0.313 e. The molecule has 108 valence electrons. The van der Waals surface area contributed by atoms with E-state index < -0.39 is 10.0 Å². The highest BCUT2D eigenvalue weighted by Gasteiger charge is 2.20. The van der Waals surface area contributed by atoms with Gasteiger partial charge >= 0.3 is 0 Å². The Hall–Kier alpha value is -1.93. The number of H-pyrrole nitrogens is 1. The van der Waals surface area contributed by atoms with Crippen LogP contribution >= 0.6 is 0 Å². The average Bonchev–Trinajstić information content (AvgIpc) is 2.85. The molecule has 0 aliphatic carbocycles. The molecule has 0 saturated carbocycles. The first-order chi connectivity index (χ1) is 9.53. The third kappa shape index (κ3) is 3.34. The van der Waals surface area contributed by atoms with Gasteiger partial charge in [-0.2, -0.15) is 13.5 Å². The summed E-state index contributed by atoms with van der Waals surface area (Å²) in [6, 6.07) is 3.27. The van der Waals surface area contributed by atoms with Crippen LogP contribution in [0.4, 0.5) is 5.69 Å². The van der Waals surface area contributed by atoms with Gasteiger partial charge in [-0.3, -0.25) is 14.8 Å². The first-order valence-electron chi connectivity index (χ1n) is 6.21.